The second-order valence-electron chi connectivity index (χ2n) is 4.64. The second kappa shape index (κ2) is 7.28. The van der Waals surface area contributed by atoms with Gasteiger partial charge in [-0.1, -0.05) is 28.1 Å². The lowest BCUT2D eigenvalue weighted by Crippen LogP contribution is -2.09. The van der Waals surface area contributed by atoms with Crippen molar-refractivity contribution >= 4 is 27.7 Å². The van der Waals surface area contributed by atoms with Crippen molar-refractivity contribution in [1.82, 2.24) is 0 Å². The van der Waals surface area contributed by atoms with Crippen molar-refractivity contribution in [2.24, 2.45) is 0 Å². The van der Waals surface area contributed by atoms with Gasteiger partial charge in [0.2, 0.25) is 0 Å². The van der Waals surface area contributed by atoms with Gasteiger partial charge in [-0.15, -0.1) is 0 Å². The standard InChI is InChI=1S/C17H15BrO5/c1-10(19)23-14-9-16(22-3)15(21-2)8-13(14)17(20)11-5-4-6-12(18)7-11/h4-9H,1-3H3. The molecule has 6 heteroatoms. The third kappa shape index (κ3) is 3.90. The molecule has 2 aromatic rings. The van der Waals surface area contributed by atoms with E-state index >= 15 is 0 Å². The molecule has 5 nitrogen and oxygen atoms in total. The van der Waals surface area contributed by atoms with Gasteiger partial charge in [-0.05, 0) is 18.2 Å². The van der Waals surface area contributed by atoms with Crippen LogP contribution in [0.5, 0.6) is 17.2 Å². The van der Waals surface area contributed by atoms with Gasteiger partial charge in [-0.3, -0.25) is 9.59 Å². The summed E-state index contributed by atoms with van der Waals surface area (Å²) in [5.74, 6) is 0.0560. The highest BCUT2D eigenvalue weighted by molar-refractivity contribution is 9.10. The predicted octanol–water partition coefficient (Wildman–Crippen LogP) is 3.62. The van der Waals surface area contributed by atoms with Crippen molar-refractivity contribution in [3.63, 3.8) is 0 Å². The molecule has 0 atom stereocenters. The maximum atomic E-state index is 12.8. The van der Waals surface area contributed by atoms with Gasteiger partial charge in [0.1, 0.15) is 5.75 Å². The SMILES string of the molecule is COc1cc(OC(C)=O)c(C(=O)c2cccc(Br)c2)cc1OC. The van der Waals surface area contributed by atoms with Crippen LogP contribution in [0.25, 0.3) is 0 Å². The number of rotatable bonds is 5. The van der Waals surface area contributed by atoms with Gasteiger partial charge in [0.15, 0.2) is 17.3 Å². The molecular formula is C17H15BrO5. The monoisotopic (exact) mass is 378 g/mol. The quantitative estimate of drug-likeness (QED) is 0.451. The molecule has 0 aliphatic carbocycles. The van der Waals surface area contributed by atoms with Gasteiger partial charge >= 0.3 is 5.97 Å². The van der Waals surface area contributed by atoms with Crippen molar-refractivity contribution in [3.8, 4) is 17.2 Å². The molecular weight excluding hydrogens is 364 g/mol. The Labute approximate surface area is 142 Å². The van der Waals surface area contributed by atoms with E-state index in [2.05, 4.69) is 15.9 Å². The molecule has 0 saturated carbocycles. The van der Waals surface area contributed by atoms with E-state index in [1.165, 1.54) is 33.3 Å². The smallest absolute Gasteiger partial charge is 0.308 e. The minimum Gasteiger partial charge on any atom is -0.493 e. The van der Waals surface area contributed by atoms with Crippen LogP contribution in [0.4, 0.5) is 0 Å². The van der Waals surface area contributed by atoms with Crippen LogP contribution in [0.2, 0.25) is 0 Å². The molecule has 0 heterocycles. The molecule has 0 unspecified atom stereocenters. The van der Waals surface area contributed by atoms with Crippen LogP contribution in [0.1, 0.15) is 22.8 Å². The lowest BCUT2D eigenvalue weighted by atomic mass is 10.0. The number of esters is 1. The van der Waals surface area contributed by atoms with Crippen molar-refractivity contribution in [2.75, 3.05) is 14.2 Å². The highest BCUT2D eigenvalue weighted by Gasteiger charge is 2.20. The summed E-state index contributed by atoms with van der Waals surface area (Å²) in [4.78, 5) is 24.1. The maximum absolute atomic E-state index is 12.8. The summed E-state index contributed by atoms with van der Waals surface area (Å²) < 4.78 is 16.3. The number of ketones is 1. The largest absolute Gasteiger partial charge is 0.493 e. The first-order valence-corrected chi connectivity index (χ1v) is 7.50. The lowest BCUT2D eigenvalue weighted by Gasteiger charge is -2.14. The topological polar surface area (TPSA) is 61.8 Å². The number of hydrogen-bond donors (Lipinski definition) is 0. The van der Waals surface area contributed by atoms with Gasteiger partial charge in [0.25, 0.3) is 0 Å². The molecule has 0 aliphatic rings. The van der Waals surface area contributed by atoms with E-state index in [-0.39, 0.29) is 17.1 Å². The zero-order chi connectivity index (χ0) is 17.0. The van der Waals surface area contributed by atoms with E-state index in [9.17, 15) is 9.59 Å². The van der Waals surface area contributed by atoms with E-state index in [4.69, 9.17) is 14.2 Å². The summed E-state index contributed by atoms with van der Waals surface area (Å²) in [6.45, 7) is 1.27. The summed E-state index contributed by atoms with van der Waals surface area (Å²) in [6.07, 6.45) is 0. The first-order chi connectivity index (χ1) is 11.0. The van der Waals surface area contributed by atoms with E-state index in [1.807, 2.05) is 6.07 Å². The zero-order valence-electron chi connectivity index (χ0n) is 12.9. The summed E-state index contributed by atoms with van der Waals surface area (Å²) in [7, 11) is 2.93. The van der Waals surface area contributed by atoms with Crippen LogP contribution in [-0.2, 0) is 4.79 Å². The van der Waals surface area contributed by atoms with E-state index in [0.29, 0.717) is 17.1 Å². The van der Waals surface area contributed by atoms with Crippen LogP contribution in [0, 0.1) is 0 Å². The van der Waals surface area contributed by atoms with Gasteiger partial charge in [0.05, 0.1) is 19.8 Å². The van der Waals surface area contributed by atoms with Crippen molar-refractivity contribution in [3.05, 3.63) is 52.0 Å². The van der Waals surface area contributed by atoms with Crippen molar-refractivity contribution < 1.29 is 23.8 Å². The van der Waals surface area contributed by atoms with Gasteiger partial charge in [0, 0.05) is 23.0 Å². The van der Waals surface area contributed by atoms with E-state index in [0.717, 1.165) is 4.47 Å². The Hall–Kier alpha value is -2.34. The number of hydrogen-bond acceptors (Lipinski definition) is 5. The van der Waals surface area contributed by atoms with E-state index in [1.54, 1.807) is 18.2 Å². The average molecular weight is 379 g/mol. The molecule has 23 heavy (non-hydrogen) atoms. The van der Waals surface area contributed by atoms with Crippen LogP contribution >= 0.6 is 15.9 Å². The van der Waals surface area contributed by atoms with Crippen molar-refractivity contribution in [2.45, 2.75) is 6.92 Å². The van der Waals surface area contributed by atoms with Crippen molar-refractivity contribution in [1.29, 1.82) is 0 Å². The van der Waals surface area contributed by atoms with Crippen LogP contribution in [0.3, 0.4) is 0 Å². The molecule has 0 spiro atoms. The fourth-order valence-corrected chi connectivity index (χ4v) is 2.46. The van der Waals surface area contributed by atoms with Gasteiger partial charge in [-0.25, -0.2) is 0 Å². The minimum absolute atomic E-state index is 0.125. The second-order valence-corrected chi connectivity index (χ2v) is 5.55. The Morgan fingerprint density at radius 2 is 1.61 bits per heavy atom. The molecule has 0 amide bonds. The Balaban J connectivity index is 2.58. The number of carbonyl (C=O) groups excluding carboxylic acids is 2. The summed E-state index contributed by atoms with van der Waals surface area (Å²) in [5.41, 5.74) is 0.677. The zero-order valence-corrected chi connectivity index (χ0v) is 14.5. The summed E-state index contributed by atoms with van der Waals surface area (Å²) in [5, 5.41) is 0. The fourth-order valence-electron chi connectivity index (χ4n) is 2.06. The lowest BCUT2D eigenvalue weighted by molar-refractivity contribution is -0.131. The molecule has 0 saturated heterocycles. The van der Waals surface area contributed by atoms with Crippen LogP contribution in [0.15, 0.2) is 40.9 Å². The third-order valence-corrected chi connectivity index (χ3v) is 3.56. The first kappa shape index (κ1) is 17.0. The molecule has 2 aromatic carbocycles. The number of methoxy groups -OCH3 is 2. The van der Waals surface area contributed by atoms with Gasteiger partial charge in [-0.2, -0.15) is 0 Å². The summed E-state index contributed by atoms with van der Waals surface area (Å²) >= 11 is 3.33. The normalized spacial score (nSPS) is 10.1. The molecule has 0 aromatic heterocycles. The molecule has 0 radical (unpaired) electrons. The highest BCUT2D eigenvalue weighted by Crippen LogP contribution is 2.36. The highest BCUT2D eigenvalue weighted by atomic mass is 79.9. The number of halogens is 1. The molecule has 0 fully saturated rings. The molecule has 0 bridgehead atoms. The first-order valence-electron chi connectivity index (χ1n) is 6.71. The maximum Gasteiger partial charge on any atom is 0.308 e. The average Bonchev–Trinajstić information content (AvgIpc) is 2.53. The number of benzene rings is 2. The van der Waals surface area contributed by atoms with Crippen LogP contribution < -0.4 is 14.2 Å². The Morgan fingerprint density at radius 3 is 2.17 bits per heavy atom. The van der Waals surface area contributed by atoms with Gasteiger partial charge < -0.3 is 14.2 Å². The number of ether oxygens (including phenoxy) is 3. The molecule has 0 aliphatic heterocycles. The fraction of sp³-hybridized carbons (Fsp3) is 0.176. The Morgan fingerprint density at radius 1 is 0.957 bits per heavy atom. The summed E-state index contributed by atoms with van der Waals surface area (Å²) in [6, 6.07) is 9.91. The molecule has 2 rings (SSSR count). The Kier molecular flexibility index (Phi) is 5.39. The third-order valence-electron chi connectivity index (χ3n) is 3.07. The molecule has 0 N–H and O–H groups in total. The predicted molar refractivity (Wildman–Crippen MR) is 88.4 cm³/mol. The molecule has 120 valence electrons. The number of carbonyl (C=O) groups is 2. The van der Waals surface area contributed by atoms with Crippen LogP contribution in [-0.4, -0.2) is 26.0 Å². The minimum atomic E-state index is -0.527. The van der Waals surface area contributed by atoms with E-state index < -0.39 is 5.97 Å². The Bertz CT molecular complexity index is 755.